The van der Waals surface area contributed by atoms with E-state index in [0.29, 0.717) is 12.3 Å². The smallest absolute Gasteiger partial charge is 0.261 e. The standard InChI is InChI=1S/C23H29BrN2O3/c1-5-17(3)25-23(28)18(4)26(14-19-9-11-20(24)12-10-19)22(27)15-29-21-8-6-7-16(2)13-21/h6-13,17-18H,5,14-15H2,1-4H3,(H,25,28)/t17-,18-/m0/s1. The van der Waals surface area contributed by atoms with Crippen LogP contribution in [0.15, 0.2) is 53.0 Å². The maximum absolute atomic E-state index is 13.0. The molecule has 2 aromatic rings. The van der Waals surface area contributed by atoms with E-state index in [2.05, 4.69) is 21.2 Å². The van der Waals surface area contributed by atoms with Gasteiger partial charge in [0, 0.05) is 17.1 Å². The Hall–Kier alpha value is -2.34. The number of nitrogens with zero attached hydrogens (tertiary/aromatic N) is 1. The molecule has 0 fully saturated rings. The number of rotatable bonds is 9. The number of hydrogen-bond donors (Lipinski definition) is 1. The van der Waals surface area contributed by atoms with E-state index in [0.717, 1.165) is 22.0 Å². The average molecular weight is 461 g/mol. The molecule has 0 radical (unpaired) electrons. The number of carbonyl (C=O) groups is 2. The highest BCUT2D eigenvalue weighted by Crippen LogP contribution is 2.16. The number of ether oxygens (including phenoxy) is 1. The van der Waals surface area contributed by atoms with Gasteiger partial charge in [0.25, 0.3) is 5.91 Å². The number of nitrogens with one attached hydrogen (secondary N) is 1. The van der Waals surface area contributed by atoms with E-state index < -0.39 is 6.04 Å². The van der Waals surface area contributed by atoms with Crippen molar-refractivity contribution >= 4 is 27.7 Å². The van der Waals surface area contributed by atoms with Gasteiger partial charge in [-0.1, -0.05) is 47.1 Å². The summed E-state index contributed by atoms with van der Waals surface area (Å²) in [6, 6.07) is 14.7. The van der Waals surface area contributed by atoms with Gasteiger partial charge in [0.05, 0.1) is 0 Å². The summed E-state index contributed by atoms with van der Waals surface area (Å²) in [4.78, 5) is 27.2. The fourth-order valence-corrected chi connectivity index (χ4v) is 3.03. The zero-order chi connectivity index (χ0) is 21.4. The largest absolute Gasteiger partial charge is 0.484 e. The molecule has 0 saturated carbocycles. The lowest BCUT2D eigenvalue weighted by Gasteiger charge is -2.29. The Balaban J connectivity index is 2.14. The molecule has 2 rings (SSSR count). The number of aryl methyl sites for hydroxylation is 1. The second kappa shape index (κ2) is 11.0. The Labute approximate surface area is 181 Å². The molecule has 0 spiro atoms. The summed E-state index contributed by atoms with van der Waals surface area (Å²) in [7, 11) is 0. The summed E-state index contributed by atoms with van der Waals surface area (Å²) >= 11 is 3.42. The Kier molecular flexibility index (Phi) is 8.70. The van der Waals surface area contributed by atoms with Crippen LogP contribution in [0.4, 0.5) is 0 Å². The maximum Gasteiger partial charge on any atom is 0.261 e. The van der Waals surface area contributed by atoms with Gasteiger partial charge in [0.1, 0.15) is 11.8 Å². The molecule has 2 amide bonds. The highest BCUT2D eigenvalue weighted by Gasteiger charge is 2.27. The molecule has 0 heterocycles. The lowest BCUT2D eigenvalue weighted by molar-refractivity contribution is -0.142. The Bertz CT molecular complexity index is 823. The predicted octanol–water partition coefficient (Wildman–Crippen LogP) is 4.47. The van der Waals surface area contributed by atoms with Gasteiger partial charge in [-0.15, -0.1) is 0 Å². The molecule has 0 unspecified atom stereocenters. The molecule has 2 atom stereocenters. The van der Waals surface area contributed by atoms with Crippen molar-refractivity contribution in [3.63, 3.8) is 0 Å². The Morgan fingerprint density at radius 2 is 1.83 bits per heavy atom. The van der Waals surface area contributed by atoms with Crippen molar-refractivity contribution in [1.29, 1.82) is 0 Å². The normalized spacial score (nSPS) is 12.7. The van der Waals surface area contributed by atoms with Crippen molar-refractivity contribution in [2.75, 3.05) is 6.61 Å². The number of carbonyl (C=O) groups excluding carboxylic acids is 2. The first kappa shape index (κ1) is 22.9. The van der Waals surface area contributed by atoms with Gasteiger partial charge < -0.3 is 15.0 Å². The zero-order valence-corrected chi connectivity index (χ0v) is 19.0. The van der Waals surface area contributed by atoms with E-state index in [4.69, 9.17) is 4.74 Å². The topological polar surface area (TPSA) is 58.6 Å². The summed E-state index contributed by atoms with van der Waals surface area (Å²) in [6.07, 6.45) is 0.829. The Morgan fingerprint density at radius 1 is 1.14 bits per heavy atom. The lowest BCUT2D eigenvalue weighted by atomic mass is 10.1. The van der Waals surface area contributed by atoms with Gasteiger partial charge in [-0.05, 0) is 62.6 Å². The van der Waals surface area contributed by atoms with Gasteiger partial charge in [0.15, 0.2) is 6.61 Å². The molecule has 0 aliphatic heterocycles. The number of amides is 2. The summed E-state index contributed by atoms with van der Waals surface area (Å²) in [5.41, 5.74) is 2.00. The molecular formula is C23H29BrN2O3. The van der Waals surface area contributed by atoms with Crippen LogP contribution < -0.4 is 10.1 Å². The molecule has 2 aromatic carbocycles. The number of halogens is 1. The van der Waals surface area contributed by atoms with Crippen LogP contribution in [0, 0.1) is 6.92 Å². The summed E-state index contributed by atoms with van der Waals surface area (Å²) in [6.45, 7) is 7.89. The second-order valence-electron chi connectivity index (χ2n) is 7.25. The van der Waals surface area contributed by atoms with Crippen LogP contribution in [0.3, 0.4) is 0 Å². The van der Waals surface area contributed by atoms with Crippen LogP contribution in [0.25, 0.3) is 0 Å². The monoisotopic (exact) mass is 460 g/mol. The maximum atomic E-state index is 13.0. The van der Waals surface area contributed by atoms with Gasteiger partial charge in [-0.25, -0.2) is 0 Å². The van der Waals surface area contributed by atoms with Crippen LogP contribution in [-0.2, 0) is 16.1 Å². The van der Waals surface area contributed by atoms with Gasteiger partial charge in [-0.2, -0.15) is 0 Å². The predicted molar refractivity (Wildman–Crippen MR) is 119 cm³/mol. The van der Waals surface area contributed by atoms with Crippen molar-refractivity contribution in [1.82, 2.24) is 10.2 Å². The van der Waals surface area contributed by atoms with E-state index >= 15 is 0 Å². The minimum absolute atomic E-state index is 0.0538. The first-order valence-corrected chi connectivity index (χ1v) is 10.6. The first-order chi connectivity index (χ1) is 13.8. The SMILES string of the molecule is CC[C@H](C)NC(=O)[C@H](C)N(Cc1ccc(Br)cc1)C(=O)COc1cccc(C)c1. The molecule has 29 heavy (non-hydrogen) atoms. The molecule has 0 aliphatic rings. The minimum atomic E-state index is -0.610. The third kappa shape index (κ3) is 7.20. The number of benzene rings is 2. The van der Waals surface area contributed by atoms with Crippen LogP contribution in [0.1, 0.15) is 38.3 Å². The fourth-order valence-electron chi connectivity index (χ4n) is 2.77. The quantitative estimate of drug-likeness (QED) is 0.600. The fraction of sp³-hybridized carbons (Fsp3) is 0.391. The molecule has 156 valence electrons. The van der Waals surface area contributed by atoms with Crippen molar-refractivity contribution in [2.45, 2.75) is 52.7 Å². The Morgan fingerprint density at radius 3 is 2.45 bits per heavy atom. The van der Waals surface area contributed by atoms with E-state index in [1.54, 1.807) is 11.8 Å². The van der Waals surface area contributed by atoms with Crippen LogP contribution >= 0.6 is 15.9 Å². The highest BCUT2D eigenvalue weighted by molar-refractivity contribution is 9.10. The summed E-state index contributed by atoms with van der Waals surface area (Å²) in [5, 5.41) is 2.96. The summed E-state index contributed by atoms with van der Waals surface area (Å²) < 4.78 is 6.65. The van der Waals surface area contributed by atoms with Gasteiger partial charge in [0.2, 0.25) is 5.91 Å². The number of hydrogen-bond acceptors (Lipinski definition) is 3. The van der Waals surface area contributed by atoms with Crippen LogP contribution in [0.5, 0.6) is 5.75 Å². The molecule has 1 N–H and O–H groups in total. The molecule has 0 aliphatic carbocycles. The zero-order valence-electron chi connectivity index (χ0n) is 17.4. The molecule has 5 nitrogen and oxygen atoms in total. The second-order valence-corrected chi connectivity index (χ2v) is 8.16. The van der Waals surface area contributed by atoms with E-state index in [9.17, 15) is 9.59 Å². The van der Waals surface area contributed by atoms with Crippen molar-refractivity contribution in [3.05, 3.63) is 64.1 Å². The van der Waals surface area contributed by atoms with E-state index in [1.165, 1.54) is 0 Å². The molecule has 6 heteroatoms. The van der Waals surface area contributed by atoms with Gasteiger partial charge in [-0.3, -0.25) is 9.59 Å². The molecule has 0 saturated heterocycles. The molecular weight excluding hydrogens is 432 g/mol. The summed E-state index contributed by atoms with van der Waals surface area (Å²) in [5.74, 6) is 0.236. The lowest BCUT2D eigenvalue weighted by Crippen LogP contribution is -2.50. The molecule has 0 aromatic heterocycles. The third-order valence-corrected chi connectivity index (χ3v) is 5.32. The highest BCUT2D eigenvalue weighted by atomic mass is 79.9. The first-order valence-electron chi connectivity index (χ1n) is 9.84. The van der Waals surface area contributed by atoms with Gasteiger partial charge >= 0.3 is 0 Å². The van der Waals surface area contributed by atoms with Crippen LogP contribution in [-0.4, -0.2) is 35.4 Å². The van der Waals surface area contributed by atoms with E-state index in [1.807, 2.05) is 69.3 Å². The van der Waals surface area contributed by atoms with E-state index in [-0.39, 0.29) is 24.5 Å². The van der Waals surface area contributed by atoms with Crippen molar-refractivity contribution < 1.29 is 14.3 Å². The van der Waals surface area contributed by atoms with Crippen molar-refractivity contribution in [3.8, 4) is 5.75 Å². The average Bonchev–Trinajstić information content (AvgIpc) is 2.71. The third-order valence-electron chi connectivity index (χ3n) is 4.79. The van der Waals surface area contributed by atoms with Crippen molar-refractivity contribution in [2.24, 2.45) is 0 Å². The molecule has 0 bridgehead atoms. The minimum Gasteiger partial charge on any atom is -0.484 e. The van der Waals surface area contributed by atoms with Crippen LogP contribution in [0.2, 0.25) is 0 Å².